The summed E-state index contributed by atoms with van der Waals surface area (Å²) in [6.45, 7) is 1.52. The minimum absolute atomic E-state index is 0.0278. The number of non-ortho nitro benzene ring substituents is 1. The van der Waals surface area contributed by atoms with Crippen LogP contribution in [-0.4, -0.2) is 56.3 Å². The number of methoxy groups -OCH3 is 3. The molecule has 0 atom stereocenters. The zero-order valence-corrected chi connectivity index (χ0v) is 17.8. The highest BCUT2D eigenvalue weighted by molar-refractivity contribution is 5.94. The fourth-order valence-corrected chi connectivity index (χ4v) is 3.57. The van der Waals surface area contributed by atoms with Crippen LogP contribution >= 0.6 is 0 Å². The van der Waals surface area contributed by atoms with E-state index in [4.69, 9.17) is 18.9 Å². The van der Waals surface area contributed by atoms with E-state index < -0.39 is 4.92 Å². The molecule has 9 heteroatoms. The highest BCUT2D eigenvalue weighted by Gasteiger charge is 2.25. The van der Waals surface area contributed by atoms with Crippen LogP contribution in [0.15, 0.2) is 36.4 Å². The van der Waals surface area contributed by atoms with Gasteiger partial charge in [0.15, 0.2) is 11.5 Å². The highest BCUT2D eigenvalue weighted by Crippen LogP contribution is 2.38. The zero-order valence-electron chi connectivity index (χ0n) is 17.8. The summed E-state index contributed by atoms with van der Waals surface area (Å²) in [6.07, 6.45) is 1.45. The second-order valence-corrected chi connectivity index (χ2v) is 7.14. The fraction of sp³-hybridized carbons (Fsp3) is 0.409. The van der Waals surface area contributed by atoms with Crippen molar-refractivity contribution in [2.75, 3.05) is 34.4 Å². The fourth-order valence-electron chi connectivity index (χ4n) is 3.57. The van der Waals surface area contributed by atoms with Crippen molar-refractivity contribution < 1.29 is 28.7 Å². The molecule has 1 fully saturated rings. The molecule has 9 nitrogen and oxygen atoms in total. The van der Waals surface area contributed by atoms with Gasteiger partial charge in [0.05, 0.1) is 39.0 Å². The van der Waals surface area contributed by atoms with E-state index in [1.807, 2.05) is 12.1 Å². The molecule has 1 amide bonds. The Kier molecular flexibility index (Phi) is 7.30. The number of carbonyl (C=O) groups excluding carboxylic acids is 1. The van der Waals surface area contributed by atoms with Crippen molar-refractivity contribution in [1.82, 2.24) is 4.90 Å². The third-order valence-corrected chi connectivity index (χ3v) is 5.26. The lowest BCUT2D eigenvalue weighted by molar-refractivity contribution is -0.384. The average Bonchev–Trinajstić information content (AvgIpc) is 2.81. The predicted octanol–water partition coefficient (Wildman–Crippen LogP) is 3.44. The van der Waals surface area contributed by atoms with E-state index in [-0.39, 0.29) is 17.7 Å². The molecule has 0 aliphatic carbocycles. The van der Waals surface area contributed by atoms with Gasteiger partial charge in [0.1, 0.15) is 0 Å². The average molecular weight is 430 g/mol. The van der Waals surface area contributed by atoms with Crippen LogP contribution in [0.5, 0.6) is 17.2 Å². The molecule has 3 rings (SSSR count). The Labute approximate surface area is 180 Å². The van der Waals surface area contributed by atoms with Crippen LogP contribution in [-0.2, 0) is 11.3 Å². The summed E-state index contributed by atoms with van der Waals surface area (Å²) in [7, 11) is 4.70. The lowest BCUT2D eigenvalue weighted by Crippen LogP contribution is -2.40. The first-order chi connectivity index (χ1) is 15.0. The van der Waals surface area contributed by atoms with Crippen molar-refractivity contribution >= 4 is 11.6 Å². The molecule has 0 radical (unpaired) electrons. The number of hydrogen-bond acceptors (Lipinski definition) is 7. The van der Waals surface area contributed by atoms with Gasteiger partial charge < -0.3 is 23.8 Å². The molecule has 2 aromatic carbocycles. The molecule has 1 aliphatic rings. The number of nitro benzene ring substituents is 1. The summed E-state index contributed by atoms with van der Waals surface area (Å²) < 4.78 is 22.1. The first-order valence-corrected chi connectivity index (χ1v) is 9.91. The minimum atomic E-state index is -0.481. The summed E-state index contributed by atoms with van der Waals surface area (Å²) in [5.41, 5.74) is 1.32. The Morgan fingerprint density at radius 2 is 1.61 bits per heavy atom. The van der Waals surface area contributed by atoms with Crippen molar-refractivity contribution in [2.24, 2.45) is 0 Å². The second kappa shape index (κ2) is 10.1. The van der Waals surface area contributed by atoms with Gasteiger partial charge in [0.2, 0.25) is 5.75 Å². The topological polar surface area (TPSA) is 100 Å². The molecule has 1 heterocycles. The highest BCUT2D eigenvalue weighted by atomic mass is 16.6. The maximum atomic E-state index is 12.6. The van der Waals surface area contributed by atoms with E-state index in [2.05, 4.69) is 0 Å². The molecular weight excluding hydrogens is 404 g/mol. The van der Waals surface area contributed by atoms with Gasteiger partial charge in [-0.15, -0.1) is 0 Å². The summed E-state index contributed by atoms with van der Waals surface area (Å²) in [5.74, 6) is 1.55. The third-order valence-electron chi connectivity index (χ3n) is 5.26. The normalized spacial score (nSPS) is 14.2. The summed E-state index contributed by atoms with van der Waals surface area (Å²) in [4.78, 5) is 24.7. The number of amides is 1. The maximum absolute atomic E-state index is 12.6. The van der Waals surface area contributed by atoms with Crippen molar-refractivity contribution in [3.8, 4) is 17.2 Å². The lowest BCUT2D eigenvalue weighted by Gasteiger charge is -2.32. The van der Waals surface area contributed by atoms with Crippen molar-refractivity contribution in [3.05, 3.63) is 57.6 Å². The van der Waals surface area contributed by atoms with Crippen LogP contribution in [0.4, 0.5) is 5.69 Å². The zero-order chi connectivity index (χ0) is 22.4. The number of rotatable bonds is 8. The summed E-state index contributed by atoms with van der Waals surface area (Å²) in [6, 6.07) is 9.39. The third kappa shape index (κ3) is 5.24. The molecule has 0 bridgehead atoms. The van der Waals surface area contributed by atoms with Gasteiger partial charge in [-0.05, 0) is 42.7 Å². The van der Waals surface area contributed by atoms with Gasteiger partial charge in [-0.3, -0.25) is 14.9 Å². The van der Waals surface area contributed by atoms with E-state index in [1.165, 1.54) is 24.3 Å². The molecule has 1 aliphatic heterocycles. The van der Waals surface area contributed by atoms with Crippen LogP contribution in [0.25, 0.3) is 0 Å². The SMILES string of the molecule is COc1cc(COC2CCN(C(=O)c3ccc([N+](=O)[O-])cc3)CC2)cc(OC)c1OC. The van der Waals surface area contributed by atoms with E-state index >= 15 is 0 Å². The lowest BCUT2D eigenvalue weighted by atomic mass is 10.1. The first kappa shape index (κ1) is 22.4. The van der Waals surface area contributed by atoms with Gasteiger partial charge >= 0.3 is 0 Å². The van der Waals surface area contributed by atoms with Gasteiger partial charge in [0, 0.05) is 30.8 Å². The van der Waals surface area contributed by atoms with Crippen LogP contribution in [0.3, 0.4) is 0 Å². The number of carbonyl (C=O) groups is 1. The Hall–Kier alpha value is -3.33. The Morgan fingerprint density at radius 3 is 2.10 bits per heavy atom. The molecule has 0 aromatic heterocycles. The van der Waals surface area contributed by atoms with E-state index in [0.29, 0.717) is 55.4 Å². The number of piperidine rings is 1. The number of nitro groups is 1. The quantitative estimate of drug-likeness (QED) is 0.467. The Bertz CT molecular complexity index is 897. The van der Waals surface area contributed by atoms with Crippen LogP contribution in [0.2, 0.25) is 0 Å². The summed E-state index contributed by atoms with van der Waals surface area (Å²) >= 11 is 0. The smallest absolute Gasteiger partial charge is 0.269 e. The number of likely N-dealkylation sites (tertiary alicyclic amines) is 1. The predicted molar refractivity (Wildman–Crippen MR) is 113 cm³/mol. The van der Waals surface area contributed by atoms with E-state index in [1.54, 1.807) is 26.2 Å². The molecule has 166 valence electrons. The van der Waals surface area contributed by atoms with E-state index in [0.717, 1.165) is 5.56 Å². The molecule has 0 spiro atoms. The summed E-state index contributed by atoms with van der Waals surface area (Å²) in [5, 5.41) is 10.8. The van der Waals surface area contributed by atoms with Gasteiger partial charge in [0.25, 0.3) is 11.6 Å². The molecule has 0 saturated carbocycles. The number of nitrogens with zero attached hydrogens (tertiary/aromatic N) is 2. The van der Waals surface area contributed by atoms with Crippen LogP contribution < -0.4 is 14.2 Å². The number of benzene rings is 2. The second-order valence-electron chi connectivity index (χ2n) is 7.14. The van der Waals surface area contributed by atoms with Crippen LogP contribution in [0.1, 0.15) is 28.8 Å². The number of hydrogen-bond donors (Lipinski definition) is 0. The molecule has 2 aromatic rings. The Morgan fingerprint density at radius 1 is 1.03 bits per heavy atom. The number of ether oxygens (including phenoxy) is 4. The van der Waals surface area contributed by atoms with Crippen LogP contribution in [0, 0.1) is 10.1 Å². The minimum Gasteiger partial charge on any atom is -0.493 e. The van der Waals surface area contributed by atoms with Gasteiger partial charge in [-0.2, -0.15) is 0 Å². The van der Waals surface area contributed by atoms with Crippen molar-refractivity contribution in [2.45, 2.75) is 25.6 Å². The molecule has 1 saturated heterocycles. The van der Waals surface area contributed by atoms with Gasteiger partial charge in [-0.1, -0.05) is 0 Å². The Balaban J connectivity index is 1.54. The first-order valence-electron chi connectivity index (χ1n) is 9.91. The largest absolute Gasteiger partial charge is 0.493 e. The van der Waals surface area contributed by atoms with E-state index in [9.17, 15) is 14.9 Å². The molecule has 0 N–H and O–H groups in total. The van der Waals surface area contributed by atoms with Crippen molar-refractivity contribution in [1.29, 1.82) is 0 Å². The molecule has 0 unspecified atom stereocenters. The molecular formula is C22H26N2O7. The monoisotopic (exact) mass is 430 g/mol. The van der Waals surface area contributed by atoms with Crippen molar-refractivity contribution in [3.63, 3.8) is 0 Å². The standard InChI is InChI=1S/C22H26N2O7/c1-28-19-12-15(13-20(29-2)21(19)30-3)14-31-18-8-10-23(11-9-18)22(25)16-4-6-17(7-5-16)24(26)27/h4-7,12-13,18H,8-11,14H2,1-3H3. The maximum Gasteiger partial charge on any atom is 0.269 e. The van der Waals surface area contributed by atoms with Gasteiger partial charge in [-0.25, -0.2) is 0 Å². The molecule has 31 heavy (non-hydrogen) atoms.